The van der Waals surface area contributed by atoms with Crippen molar-refractivity contribution in [1.82, 2.24) is 15.3 Å². The summed E-state index contributed by atoms with van der Waals surface area (Å²) in [5.41, 5.74) is 3.30. The van der Waals surface area contributed by atoms with Crippen LogP contribution in [0.2, 0.25) is 0 Å². The molecule has 0 saturated carbocycles. The molecule has 0 bridgehead atoms. The zero-order valence-corrected chi connectivity index (χ0v) is 17.5. The fourth-order valence-electron chi connectivity index (χ4n) is 3.36. The van der Waals surface area contributed by atoms with Crippen LogP contribution in [-0.4, -0.2) is 28.3 Å². The number of thiazole rings is 1. The first-order valence-electron chi connectivity index (χ1n) is 9.84. The molecule has 1 aliphatic rings. The van der Waals surface area contributed by atoms with Crippen molar-refractivity contribution in [2.24, 2.45) is 0 Å². The van der Waals surface area contributed by atoms with Crippen LogP contribution >= 0.6 is 11.3 Å². The lowest BCUT2D eigenvalue weighted by molar-refractivity contribution is -0.115. The summed E-state index contributed by atoms with van der Waals surface area (Å²) < 4.78 is 0. The molecule has 7 heteroatoms. The number of anilines is 1. The van der Waals surface area contributed by atoms with Crippen molar-refractivity contribution in [2.45, 2.75) is 26.3 Å². The van der Waals surface area contributed by atoms with E-state index in [2.05, 4.69) is 15.3 Å². The zero-order valence-electron chi connectivity index (χ0n) is 16.7. The number of hydrogen-bond donors (Lipinski definition) is 1. The molecule has 1 fully saturated rings. The highest BCUT2D eigenvalue weighted by Crippen LogP contribution is 2.31. The topological polar surface area (TPSA) is 75.2 Å². The molecule has 4 rings (SSSR count). The molecule has 152 valence electrons. The molecule has 0 spiro atoms. The SMILES string of the molecule is Cc1nc(N2CCC/C(=C\c3cccnc3)C2=O)sc1C(=O)NCc1ccccc1. The number of nitrogens with zero attached hydrogens (tertiary/aromatic N) is 3. The van der Waals surface area contributed by atoms with E-state index in [9.17, 15) is 9.59 Å². The van der Waals surface area contributed by atoms with Crippen molar-refractivity contribution >= 4 is 34.4 Å². The van der Waals surface area contributed by atoms with Gasteiger partial charge in [0.15, 0.2) is 5.13 Å². The third-order valence-corrected chi connectivity index (χ3v) is 6.07. The Balaban J connectivity index is 1.49. The molecule has 3 heterocycles. The largest absolute Gasteiger partial charge is 0.347 e. The Morgan fingerprint density at radius 2 is 2.07 bits per heavy atom. The lowest BCUT2D eigenvalue weighted by Crippen LogP contribution is -2.36. The quantitative estimate of drug-likeness (QED) is 0.636. The van der Waals surface area contributed by atoms with Gasteiger partial charge in [-0.05, 0) is 43.0 Å². The van der Waals surface area contributed by atoms with E-state index < -0.39 is 0 Å². The highest BCUT2D eigenvalue weighted by molar-refractivity contribution is 7.17. The van der Waals surface area contributed by atoms with Crippen LogP contribution in [0, 0.1) is 6.92 Å². The highest BCUT2D eigenvalue weighted by Gasteiger charge is 2.28. The van der Waals surface area contributed by atoms with Gasteiger partial charge in [-0.3, -0.25) is 19.5 Å². The molecule has 1 N–H and O–H groups in total. The van der Waals surface area contributed by atoms with Gasteiger partial charge in [0.2, 0.25) is 0 Å². The predicted octanol–water partition coefficient (Wildman–Crippen LogP) is 3.99. The number of benzene rings is 1. The molecule has 6 nitrogen and oxygen atoms in total. The summed E-state index contributed by atoms with van der Waals surface area (Å²) in [7, 11) is 0. The first-order chi connectivity index (χ1) is 14.6. The number of rotatable bonds is 5. The van der Waals surface area contributed by atoms with Crippen LogP contribution in [0.3, 0.4) is 0 Å². The Labute approximate surface area is 179 Å². The van der Waals surface area contributed by atoms with E-state index in [0.29, 0.717) is 28.8 Å². The second-order valence-electron chi connectivity index (χ2n) is 7.10. The average molecular weight is 419 g/mol. The number of carbonyl (C=O) groups excluding carboxylic acids is 2. The van der Waals surface area contributed by atoms with Gasteiger partial charge < -0.3 is 5.32 Å². The molecule has 0 atom stereocenters. The number of aryl methyl sites for hydroxylation is 1. The Morgan fingerprint density at radius 1 is 1.23 bits per heavy atom. The molecule has 3 aromatic rings. The maximum atomic E-state index is 13.0. The van der Waals surface area contributed by atoms with Crippen molar-refractivity contribution in [2.75, 3.05) is 11.4 Å². The minimum Gasteiger partial charge on any atom is -0.347 e. The van der Waals surface area contributed by atoms with E-state index in [-0.39, 0.29) is 11.8 Å². The molecule has 0 unspecified atom stereocenters. The van der Waals surface area contributed by atoms with Crippen molar-refractivity contribution in [3.8, 4) is 0 Å². The van der Waals surface area contributed by atoms with Gasteiger partial charge in [0, 0.05) is 31.1 Å². The fourth-order valence-corrected chi connectivity index (χ4v) is 4.36. The highest BCUT2D eigenvalue weighted by atomic mass is 32.1. The van der Waals surface area contributed by atoms with Crippen molar-refractivity contribution in [3.63, 3.8) is 0 Å². The van der Waals surface area contributed by atoms with Crippen LogP contribution in [0.25, 0.3) is 6.08 Å². The normalized spacial score (nSPS) is 15.4. The van der Waals surface area contributed by atoms with Gasteiger partial charge in [-0.15, -0.1) is 0 Å². The van der Waals surface area contributed by atoms with Gasteiger partial charge in [-0.1, -0.05) is 47.7 Å². The number of carbonyl (C=O) groups is 2. The minimum absolute atomic E-state index is 0.0601. The predicted molar refractivity (Wildman–Crippen MR) is 118 cm³/mol. The zero-order chi connectivity index (χ0) is 20.9. The van der Waals surface area contributed by atoms with Crippen molar-refractivity contribution in [1.29, 1.82) is 0 Å². The molecular weight excluding hydrogens is 396 g/mol. The second-order valence-corrected chi connectivity index (χ2v) is 8.07. The van der Waals surface area contributed by atoms with Crippen molar-refractivity contribution in [3.05, 3.63) is 82.1 Å². The van der Waals surface area contributed by atoms with E-state index in [0.717, 1.165) is 29.5 Å². The summed E-state index contributed by atoms with van der Waals surface area (Å²) in [5.74, 6) is -0.231. The van der Waals surface area contributed by atoms with E-state index in [1.807, 2.05) is 48.5 Å². The lowest BCUT2D eigenvalue weighted by atomic mass is 10.0. The van der Waals surface area contributed by atoms with E-state index in [1.54, 1.807) is 24.2 Å². The Hall–Kier alpha value is -3.32. The first kappa shape index (κ1) is 20.0. The van der Waals surface area contributed by atoms with Crippen LogP contribution < -0.4 is 10.2 Å². The molecule has 1 aromatic carbocycles. The van der Waals surface area contributed by atoms with Crippen LogP contribution in [0.15, 0.2) is 60.4 Å². The maximum Gasteiger partial charge on any atom is 0.263 e. The average Bonchev–Trinajstić information content (AvgIpc) is 3.16. The Bertz CT molecular complexity index is 1080. The molecule has 0 radical (unpaired) electrons. The summed E-state index contributed by atoms with van der Waals surface area (Å²) in [6.45, 7) is 2.85. The fraction of sp³-hybridized carbons (Fsp3) is 0.217. The van der Waals surface area contributed by atoms with Gasteiger partial charge in [0.05, 0.1) is 5.69 Å². The van der Waals surface area contributed by atoms with Gasteiger partial charge in [-0.2, -0.15) is 0 Å². The van der Waals surface area contributed by atoms with E-state index in [4.69, 9.17) is 0 Å². The Kier molecular flexibility index (Phi) is 5.99. The summed E-state index contributed by atoms with van der Waals surface area (Å²) in [4.78, 5) is 36.5. The standard InChI is InChI=1S/C23H22N4O2S/c1-16-20(21(28)25-15-17-7-3-2-4-8-17)30-23(26-16)27-12-6-10-19(22(27)29)13-18-9-5-11-24-14-18/h2-5,7-9,11,13-14H,6,10,12,15H2,1H3,(H,25,28)/b19-13+. The number of nitrogens with one attached hydrogen (secondary N) is 1. The minimum atomic E-state index is -0.171. The van der Waals surface area contributed by atoms with E-state index >= 15 is 0 Å². The molecule has 1 aliphatic heterocycles. The monoisotopic (exact) mass is 418 g/mol. The van der Waals surface area contributed by atoms with Gasteiger partial charge >= 0.3 is 0 Å². The number of piperidine rings is 1. The van der Waals surface area contributed by atoms with Gasteiger partial charge in [-0.25, -0.2) is 4.98 Å². The van der Waals surface area contributed by atoms with Crippen LogP contribution in [0.1, 0.15) is 39.3 Å². The lowest BCUT2D eigenvalue weighted by Gasteiger charge is -2.26. The molecular formula is C23H22N4O2S. The molecule has 30 heavy (non-hydrogen) atoms. The van der Waals surface area contributed by atoms with Gasteiger partial charge in [0.1, 0.15) is 4.88 Å². The summed E-state index contributed by atoms with van der Waals surface area (Å²) in [6, 6.07) is 13.5. The number of amides is 2. The molecule has 0 aliphatic carbocycles. The smallest absolute Gasteiger partial charge is 0.263 e. The van der Waals surface area contributed by atoms with Crippen LogP contribution in [-0.2, 0) is 11.3 Å². The summed E-state index contributed by atoms with van der Waals surface area (Å²) >= 11 is 1.26. The third kappa shape index (κ3) is 4.46. The number of hydrogen-bond acceptors (Lipinski definition) is 5. The molecule has 1 saturated heterocycles. The number of aromatic nitrogens is 2. The number of pyridine rings is 1. The van der Waals surface area contributed by atoms with E-state index in [1.165, 1.54) is 11.3 Å². The summed E-state index contributed by atoms with van der Waals surface area (Å²) in [6.07, 6.45) is 6.90. The molecule has 2 amide bonds. The van der Waals surface area contributed by atoms with Crippen LogP contribution in [0.5, 0.6) is 0 Å². The first-order valence-corrected chi connectivity index (χ1v) is 10.7. The van der Waals surface area contributed by atoms with Gasteiger partial charge in [0.25, 0.3) is 11.8 Å². The Morgan fingerprint density at radius 3 is 2.83 bits per heavy atom. The second kappa shape index (κ2) is 9.00. The third-order valence-electron chi connectivity index (χ3n) is 4.89. The maximum absolute atomic E-state index is 13.0. The van der Waals surface area contributed by atoms with Crippen LogP contribution in [0.4, 0.5) is 5.13 Å². The molecule has 2 aromatic heterocycles. The van der Waals surface area contributed by atoms with Crippen molar-refractivity contribution < 1.29 is 9.59 Å². The summed E-state index contributed by atoms with van der Waals surface area (Å²) in [5, 5.41) is 3.50.